The Hall–Kier alpha value is -1.06. The molecule has 1 saturated heterocycles. The highest BCUT2D eigenvalue weighted by atomic mass is 127. The van der Waals surface area contributed by atoms with Gasteiger partial charge in [0.15, 0.2) is 5.96 Å². The molecule has 0 aliphatic carbocycles. The summed E-state index contributed by atoms with van der Waals surface area (Å²) < 4.78 is 16.3. The summed E-state index contributed by atoms with van der Waals surface area (Å²) in [4.78, 5) is 4.24. The molecule has 1 aliphatic heterocycles. The molecule has 1 heterocycles. The quantitative estimate of drug-likeness (QED) is 0.269. The number of hydrogen-bond acceptors (Lipinski definition) is 4. The van der Waals surface area contributed by atoms with Crippen LogP contribution in [0.5, 0.6) is 5.75 Å². The lowest BCUT2D eigenvalue weighted by atomic mass is 10.1. The first-order chi connectivity index (χ1) is 11.7. The molecule has 1 aromatic carbocycles. The molecule has 1 aliphatic rings. The highest BCUT2D eigenvalue weighted by Crippen LogP contribution is 2.18. The average molecular weight is 463 g/mol. The van der Waals surface area contributed by atoms with E-state index in [1.807, 2.05) is 13.0 Å². The maximum atomic E-state index is 5.75. The fraction of sp³-hybridized carbons (Fsp3) is 0.611. The Labute approximate surface area is 167 Å². The number of guanidine groups is 1. The maximum absolute atomic E-state index is 5.75. The van der Waals surface area contributed by atoms with Crippen LogP contribution < -0.4 is 15.4 Å². The van der Waals surface area contributed by atoms with Crippen molar-refractivity contribution in [3.8, 4) is 5.75 Å². The van der Waals surface area contributed by atoms with Crippen molar-refractivity contribution in [1.29, 1.82) is 0 Å². The molecule has 2 rings (SSSR count). The number of nitrogens with zero attached hydrogens (tertiary/aromatic N) is 1. The number of aliphatic imine (C=N–C) groups is 1. The monoisotopic (exact) mass is 463 g/mol. The van der Waals surface area contributed by atoms with Gasteiger partial charge in [-0.1, -0.05) is 12.1 Å². The normalized spacial score (nSPS) is 17.1. The van der Waals surface area contributed by atoms with Crippen LogP contribution in [0.15, 0.2) is 23.2 Å². The van der Waals surface area contributed by atoms with Gasteiger partial charge in [-0.15, -0.1) is 24.0 Å². The highest BCUT2D eigenvalue weighted by molar-refractivity contribution is 14.0. The first kappa shape index (κ1) is 22.0. The van der Waals surface area contributed by atoms with E-state index in [9.17, 15) is 0 Å². The zero-order chi connectivity index (χ0) is 17.2. The topological polar surface area (TPSA) is 64.1 Å². The molecule has 2 N–H and O–H groups in total. The standard InChI is InChI=1S/C18H29N3O3.HI/c1-14-11-15(5-6-17(14)22-3)12-21-18(19-2)20-8-4-9-24-16-7-10-23-13-16;/h5-6,11,16H,4,7-10,12-13H2,1-3H3,(H2,19,20,21);1H. The first-order valence-electron chi connectivity index (χ1n) is 8.50. The molecule has 0 aromatic heterocycles. The summed E-state index contributed by atoms with van der Waals surface area (Å²) in [6.45, 7) is 5.90. The number of hydrogen-bond donors (Lipinski definition) is 2. The predicted octanol–water partition coefficient (Wildman–Crippen LogP) is 2.48. The maximum Gasteiger partial charge on any atom is 0.191 e. The molecular weight excluding hydrogens is 433 g/mol. The van der Waals surface area contributed by atoms with Crippen molar-refractivity contribution < 1.29 is 14.2 Å². The van der Waals surface area contributed by atoms with Gasteiger partial charge in [-0.05, 0) is 37.0 Å². The van der Waals surface area contributed by atoms with E-state index in [0.717, 1.165) is 63.0 Å². The van der Waals surface area contributed by atoms with Crippen molar-refractivity contribution in [3.05, 3.63) is 29.3 Å². The summed E-state index contributed by atoms with van der Waals surface area (Å²) >= 11 is 0. The van der Waals surface area contributed by atoms with Gasteiger partial charge in [-0.3, -0.25) is 4.99 Å². The van der Waals surface area contributed by atoms with Gasteiger partial charge < -0.3 is 24.8 Å². The Balaban J connectivity index is 0.00000312. The van der Waals surface area contributed by atoms with Gasteiger partial charge >= 0.3 is 0 Å². The number of ether oxygens (including phenoxy) is 3. The molecule has 25 heavy (non-hydrogen) atoms. The number of methoxy groups -OCH3 is 1. The summed E-state index contributed by atoms with van der Waals surface area (Å²) in [6.07, 6.45) is 2.23. The molecule has 1 atom stereocenters. The zero-order valence-electron chi connectivity index (χ0n) is 15.3. The largest absolute Gasteiger partial charge is 0.496 e. The fourth-order valence-corrected chi connectivity index (χ4v) is 2.63. The lowest BCUT2D eigenvalue weighted by Gasteiger charge is -2.14. The van der Waals surface area contributed by atoms with E-state index in [1.165, 1.54) is 5.56 Å². The second-order valence-electron chi connectivity index (χ2n) is 5.87. The number of rotatable bonds is 8. The van der Waals surface area contributed by atoms with Crippen molar-refractivity contribution in [3.63, 3.8) is 0 Å². The van der Waals surface area contributed by atoms with Crippen LogP contribution in [0, 0.1) is 6.92 Å². The molecule has 6 nitrogen and oxygen atoms in total. The number of halogens is 1. The van der Waals surface area contributed by atoms with Crippen molar-refractivity contribution in [2.24, 2.45) is 4.99 Å². The van der Waals surface area contributed by atoms with Gasteiger partial charge in [0.05, 0.1) is 19.8 Å². The van der Waals surface area contributed by atoms with Crippen LogP contribution in [-0.4, -0.2) is 52.6 Å². The Bertz CT molecular complexity index is 534. The van der Waals surface area contributed by atoms with Crippen LogP contribution in [0.2, 0.25) is 0 Å². The van der Waals surface area contributed by atoms with Gasteiger partial charge in [0.2, 0.25) is 0 Å². The van der Waals surface area contributed by atoms with Gasteiger partial charge in [-0.2, -0.15) is 0 Å². The van der Waals surface area contributed by atoms with E-state index < -0.39 is 0 Å². The third kappa shape index (κ3) is 7.79. The molecule has 0 spiro atoms. The Morgan fingerprint density at radius 2 is 2.20 bits per heavy atom. The summed E-state index contributed by atoms with van der Waals surface area (Å²) in [7, 11) is 3.47. The Morgan fingerprint density at radius 1 is 1.36 bits per heavy atom. The lowest BCUT2D eigenvalue weighted by molar-refractivity contribution is 0.0420. The molecule has 0 saturated carbocycles. The van der Waals surface area contributed by atoms with Crippen molar-refractivity contribution in [1.82, 2.24) is 10.6 Å². The number of aryl methyl sites for hydroxylation is 1. The third-order valence-corrected chi connectivity index (χ3v) is 4.00. The average Bonchev–Trinajstić information content (AvgIpc) is 3.11. The third-order valence-electron chi connectivity index (χ3n) is 4.00. The molecular formula is C18H30IN3O3. The molecule has 0 bridgehead atoms. The molecule has 1 unspecified atom stereocenters. The second kappa shape index (κ2) is 12.3. The van der Waals surface area contributed by atoms with Crippen LogP contribution >= 0.6 is 24.0 Å². The molecule has 1 fully saturated rings. The van der Waals surface area contributed by atoms with Gasteiger partial charge in [0.25, 0.3) is 0 Å². The molecule has 0 amide bonds. The van der Waals surface area contributed by atoms with Gasteiger partial charge in [0, 0.05) is 33.4 Å². The van der Waals surface area contributed by atoms with Crippen molar-refractivity contribution in [2.75, 3.05) is 40.5 Å². The summed E-state index contributed by atoms with van der Waals surface area (Å²) in [5, 5.41) is 6.62. The SMILES string of the molecule is CN=C(NCCCOC1CCOC1)NCc1ccc(OC)c(C)c1.I. The van der Waals surface area contributed by atoms with Crippen molar-refractivity contribution in [2.45, 2.75) is 32.4 Å². The van der Waals surface area contributed by atoms with Crippen molar-refractivity contribution >= 4 is 29.9 Å². The second-order valence-corrected chi connectivity index (χ2v) is 5.87. The molecule has 1 aromatic rings. The molecule has 0 radical (unpaired) electrons. The van der Waals surface area contributed by atoms with Crippen LogP contribution in [0.4, 0.5) is 0 Å². The van der Waals surface area contributed by atoms with Crippen LogP contribution in [0.3, 0.4) is 0 Å². The summed E-state index contributed by atoms with van der Waals surface area (Å²) in [6, 6.07) is 6.17. The smallest absolute Gasteiger partial charge is 0.191 e. The first-order valence-corrected chi connectivity index (χ1v) is 8.50. The minimum atomic E-state index is 0. The van der Waals surface area contributed by atoms with Gasteiger partial charge in [-0.25, -0.2) is 0 Å². The number of benzene rings is 1. The van der Waals surface area contributed by atoms with E-state index in [-0.39, 0.29) is 30.1 Å². The van der Waals surface area contributed by atoms with E-state index in [0.29, 0.717) is 0 Å². The molecule has 7 heteroatoms. The lowest BCUT2D eigenvalue weighted by Crippen LogP contribution is -2.37. The van der Waals surface area contributed by atoms with E-state index in [2.05, 4.69) is 27.8 Å². The van der Waals surface area contributed by atoms with Crippen LogP contribution in [0.25, 0.3) is 0 Å². The Kier molecular flexibility index (Phi) is 10.8. The summed E-state index contributed by atoms with van der Waals surface area (Å²) in [5.41, 5.74) is 2.33. The van der Waals surface area contributed by atoms with E-state index >= 15 is 0 Å². The minimum Gasteiger partial charge on any atom is -0.496 e. The minimum absolute atomic E-state index is 0. The number of nitrogens with one attached hydrogen (secondary N) is 2. The van der Waals surface area contributed by atoms with E-state index in [4.69, 9.17) is 14.2 Å². The highest BCUT2D eigenvalue weighted by Gasteiger charge is 2.15. The van der Waals surface area contributed by atoms with Crippen LogP contribution in [-0.2, 0) is 16.0 Å². The van der Waals surface area contributed by atoms with Crippen LogP contribution in [0.1, 0.15) is 24.0 Å². The van der Waals surface area contributed by atoms with E-state index in [1.54, 1.807) is 14.2 Å². The predicted molar refractivity (Wildman–Crippen MR) is 111 cm³/mol. The Morgan fingerprint density at radius 3 is 2.84 bits per heavy atom. The summed E-state index contributed by atoms with van der Waals surface area (Å²) in [5.74, 6) is 1.71. The van der Waals surface area contributed by atoms with Gasteiger partial charge in [0.1, 0.15) is 5.75 Å². The molecule has 142 valence electrons. The fourth-order valence-electron chi connectivity index (χ4n) is 2.63. The zero-order valence-corrected chi connectivity index (χ0v) is 17.7.